The minimum atomic E-state index is -2.75. The van der Waals surface area contributed by atoms with E-state index in [-0.39, 0.29) is 0 Å². The molecule has 0 nitrogen and oxygen atoms in total. The molecule has 1 aliphatic heterocycles. The fourth-order valence-electron chi connectivity index (χ4n) is 2.51. The van der Waals surface area contributed by atoms with Crippen LogP contribution in [0.5, 0.6) is 0 Å². The van der Waals surface area contributed by atoms with E-state index < -0.39 is 5.31 Å². The zero-order chi connectivity index (χ0) is 14.0. The maximum atomic E-state index is 6.92. The molecule has 0 spiro atoms. The van der Waals surface area contributed by atoms with Crippen LogP contribution >= 0.6 is 27.8 Å². The fourth-order valence-corrected chi connectivity index (χ4v) is 7.57. The molecule has 0 radical (unpaired) electrons. The Morgan fingerprint density at radius 3 is 2.53 bits per heavy atom. The quantitative estimate of drug-likeness (QED) is 0.482. The second-order valence-electron chi connectivity index (χ2n) is 5.61. The van der Waals surface area contributed by atoms with Crippen LogP contribution < -0.4 is 5.30 Å². The summed E-state index contributed by atoms with van der Waals surface area (Å²) in [5, 5.41) is -1.62. The van der Waals surface area contributed by atoms with Crippen molar-refractivity contribution in [2.75, 3.05) is 12.3 Å². The molecule has 0 atom stereocenters. The van der Waals surface area contributed by atoms with Gasteiger partial charge < -0.3 is 0 Å². The van der Waals surface area contributed by atoms with Gasteiger partial charge in [-0.1, -0.05) is 0 Å². The zero-order valence-electron chi connectivity index (χ0n) is 11.6. The second-order valence-corrected chi connectivity index (χ2v) is 14.7. The summed E-state index contributed by atoms with van der Waals surface area (Å²) in [6.45, 7) is 4.27. The average Bonchev–Trinajstić information content (AvgIpc) is 2.68. The number of hydrogen-bond acceptors (Lipinski definition) is 0. The Labute approximate surface area is 126 Å². The summed E-state index contributed by atoms with van der Waals surface area (Å²) in [6.07, 6.45) is 8.39. The molecule has 2 rings (SSSR count). The third kappa shape index (κ3) is 3.63. The molecule has 19 heavy (non-hydrogen) atoms. The summed E-state index contributed by atoms with van der Waals surface area (Å²) in [5.41, 5.74) is 2.79. The van der Waals surface area contributed by atoms with Gasteiger partial charge in [0.25, 0.3) is 0 Å². The molecule has 1 aromatic rings. The van der Waals surface area contributed by atoms with Crippen LogP contribution in [0, 0.1) is 0 Å². The van der Waals surface area contributed by atoms with Crippen LogP contribution in [0.15, 0.2) is 53.6 Å². The topological polar surface area (TPSA) is 0 Å². The molecule has 0 fully saturated rings. The van der Waals surface area contributed by atoms with Gasteiger partial charge >= 0.3 is 126 Å². The predicted octanol–water partition coefficient (Wildman–Crippen LogP) is 5.86. The number of halogens is 2. The summed E-state index contributed by atoms with van der Waals surface area (Å²) in [6, 6.07) is 10.2. The molecule has 1 aromatic carbocycles. The van der Waals surface area contributed by atoms with Gasteiger partial charge in [0, 0.05) is 0 Å². The first-order valence-electron chi connectivity index (χ1n) is 6.71. The first kappa shape index (κ1) is 15.1. The summed E-state index contributed by atoms with van der Waals surface area (Å²) >= 11 is 13.8. The Morgan fingerprint density at radius 2 is 1.89 bits per heavy atom. The van der Waals surface area contributed by atoms with Crippen molar-refractivity contribution < 1.29 is 0 Å². The first-order valence-corrected chi connectivity index (χ1v) is 11.1. The maximum absolute atomic E-state index is 6.92. The zero-order valence-corrected chi connectivity index (χ0v) is 14.0. The summed E-state index contributed by atoms with van der Waals surface area (Å²) in [5.74, 6) is 0. The summed E-state index contributed by atoms with van der Waals surface area (Å²) in [4.78, 5) is 0. The van der Waals surface area contributed by atoms with Crippen LogP contribution in [0.4, 0.5) is 0 Å². The SMILES string of the molecule is CC(C)=CCCC1=CCP(Cl)(Cl)(c2ccccc2)C1. The van der Waals surface area contributed by atoms with Crippen LogP contribution in [0.3, 0.4) is 0 Å². The van der Waals surface area contributed by atoms with Gasteiger partial charge in [-0.2, -0.15) is 0 Å². The van der Waals surface area contributed by atoms with Gasteiger partial charge in [0.1, 0.15) is 0 Å². The number of hydrogen-bond donors (Lipinski definition) is 0. The molecule has 0 aliphatic carbocycles. The Bertz CT molecular complexity index is 511. The Morgan fingerprint density at radius 1 is 1.21 bits per heavy atom. The van der Waals surface area contributed by atoms with Crippen molar-refractivity contribution in [1.82, 2.24) is 0 Å². The molecule has 0 N–H and O–H groups in total. The van der Waals surface area contributed by atoms with Gasteiger partial charge in [-0.3, -0.25) is 0 Å². The van der Waals surface area contributed by atoms with Gasteiger partial charge in [-0.15, -0.1) is 0 Å². The monoisotopic (exact) mass is 314 g/mol. The normalized spacial score (nSPS) is 22.1. The van der Waals surface area contributed by atoms with E-state index in [4.69, 9.17) is 22.5 Å². The van der Waals surface area contributed by atoms with Crippen molar-refractivity contribution in [3.8, 4) is 0 Å². The van der Waals surface area contributed by atoms with E-state index in [0.29, 0.717) is 0 Å². The van der Waals surface area contributed by atoms with E-state index in [1.54, 1.807) is 0 Å². The van der Waals surface area contributed by atoms with E-state index >= 15 is 0 Å². The van der Waals surface area contributed by atoms with Crippen molar-refractivity contribution >= 4 is 33.1 Å². The summed E-state index contributed by atoms with van der Waals surface area (Å²) in [7, 11) is 0. The Kier molecular flexibility index (Phi) is 4.45. The third-order valence-electron chi connectivity index (χ3n) is 3.59. The molecule has 1 heterocycles. The van der Waals surface area contributed by atoms with Crippen molar-refractivity contribution in [2.45, 2.75) is 26.7 Å². The van der Waals surface area contributed by atoms with E-state index in [0.717, 1.165) is 30.5 Å². The standard InChI is InChI=1S/C16H21Cl2P/c1-14(2)7-6-8-15-11-12-19(17,18,13-15)16-9-4-3-5-10-16/h3-5,7,9-11H,6,8,12-13H2,1-2H3. The van der Waals surface area contributed by atoms with Crippen LogP contribution in [-0.4, -0.2) is 12.3 Å². The van der Waals surface area contributed by atoms with Crippen LogP contribution in [0.25, 0.3) is 0 Å². The molecule has 104 valence electrons. The van der Waals surface area contributed by atoms with Gasteiger partial charge in [0.15, 0.2) is 0 Å². The van der Waals surface area contributed by atoms with Crippen molar-refractivity contribution in [3.63, 3.8) is 0 Å². The molecule has 0 amide bonds. The number of benzene rings is 1. The van der Waals surface area contributed by atoms with Crippen LogP contribution in [0.1, 0.15) is 26.7 Å². The van der Waals surface area contributed by atoms with Crippen LogP contribution in [0.2, 0.25) is 0 Å². The van der Waals surface area contributed by atoms with E-state index in [2.05, 4.69) is 38.1 Å². The first-order chi connectivity index (χ1) is 8.89. The van der Waals surface area contributed by atoms with Gasteiger partial charge in [-0.25, -0.2) is 0 Å². The molecule has 3 heteroatoms. The molecule has 0 saturated carbocycles. The summed E-state index contributed by atoms with van der Waals surface area (Å²) < 4.78 is 0. The Balaban J connectivity index is 2.08. The average molecular weight is 315 g/mol. The minimum absolute atomic E-state index is 0.822. The number of rotatable bonds is 4. The molecular formula is C16H21Cl2P. The predicted molar refractivity (Wildman–Crippen MR) is 91.2 cm³/mol. The molecule has 0 bridgehead atoms. The van der Waals surface area contributed by atoms with Crippen molar-refractivity contribution in [1.29, 1.82) is 0 Å². The Hall–Kier alpha value is -0.290. The van der Waals surface area contributed by atoms with Gasteiger partial charge in [0.2, 0.25) is 0 Å². The molecule has 0 unspecified atom stereocenters. The molecule has 1 aliphatic rings. The van der Waals surface area contributed by atoms with E-state index in [1.807, 2.05) is 18.2 Å². The van der Waals surface area contributed by atoms with Gasteiger partial charge in [-0.05, 0) is 0 Å². The fraction of sp³-hybridized carbons (Fsp3) is 0.375. The van der Waals surface area contributed by atoms with Crippen molar-refractivity contribution in [2.24, 2.45) is 0 Å². The number of allylic oxidation sites excluding steroid dienone is 4. The van der Waals surface area contributed by atoms with Crippen molar-refractivity contribution in [3.05, 3.63) is 53.6 Å². The van der Waals surface area contributed by atoms with E-state index in [1.165, 1.54) is 11.1 Å². The van der Waals surface area contributed by atoms with Gasteiger partial charge in [0.05, 0.1) is 0 Å². The second kappa shape index (κ2) is 5.60. The van der Waals surface area contributed by atoms with Crippen LogP contribution in [-0.2, 0) is 0 Å². The molecular weight excluding hydrogens is 294 g/mol. The molecule has 0 aromatic heterocycles. The third-order valence-corrected chi connectivity index (χ3v) is 9.65. The van der Waals surface area contributed by atoms with E-state index in [9.17, 15) is 0 Å². The molecule has 0 saturated heterocycles.